The van der Waals surface area contributed by atoms with Crippen LogP contribution in [0.4, 0.5) is 0 Å². The second kappa shape index (κ2) is 4.91. The molecule has 0 aromatic rings. The van der Waals surface area contributed by atoms with Gasteiger partial charge in [0.15, 0.2) is 0 Å². The van der Waals surface area contributed by atoms with E-state index in [-0.39, 0.29) is 0 Å². The van der Waals surface area contributed by atoms with E-state index in [4.69, 9.17) is 0 Å². The van der Waals surface area contributed by atoms with Gasteiger partial charge in [-0.25, -0.2) is 0 Å². The lowest BCUT2D eigenvalue weighted by Gasteiger charge is -2.28. The summed E-state index contributed by atoms with van der Waals surface area (Å²) in [6.07, 6.45) is 10.8. The molecular formula is C16H29N. The highest BCUT2D eigenvalue weighted by molar-refractivity contribution is 4.94. The highest BCUT2D eigenvalue weighted by Gasteiger charge is 2.42. The van der Waals surface area contributed by atoms with Gasteiger partial charge in [-0.15, -0.1) is 0 Å². The van der Waals surface area contributed by atoms with Crippen molar-refractivity contribution in [3.63, 3.8) is 0 Å². The van der Waals surface area contributed by atoms with Gasteiger partial charge in [0, 0.05) is 6.04 Å². The van der Waals surface area contributed by atoms with Gasteiger partial charge in [-0.1, -0.05) is 20.3 Å². The lowest BCUT2D eigenvalue weighted by atomic mass is 9.79. The van der Waals surface area contributed by atoms with Crippen LogP contribution in [-0.4, -0.2) is 12.6 Å². The van der Waals surface area contributed by atoms with Crippen LogP contribution in [0.2, 0.25) is 0 Å². The van der Waals surface area contributed by atoms with Crippen LogP contribution in [0, 0.1) is 29.6 Å². The molecule has 3 rings (SSSR count). The summed E-state index contributed by atoms with van der Waals surface area (Å²) in [5.74, 6) is 5.33. The molecule has 17 heavy (non-hydrogen) atoms. The Labute approximate surface area is 107 Å². The molecule has 98 valence electrons. The smallest absolute Gasteiger partial charge is 0.00953 e. The minimum atomic E-state index is 0.823. The van der Waals surface area contributed by atoms with Crippen LogP contribution in [0.15, 0.2) is 0 Å². The Kier molecular flexibility index (Phi) is 3.47. The molecule has 0 radical (unpaired) electrons. The monoisotopic (exact) mass is 235 g/mol. The molecule has 1 nitrogen and oxygen atoms in total. The van der Waals surface area contributed by atoms with Crippen LogP contribution >= 0.6 is 0 Å². The summed E-state index contributed by atoms with van der Waals surface area (Å²) in [6.45, 7) is 5.89. The summed E-state index contributed by atoms with van der Waals surface area (Å²) in [6, 6.07) is 0.823. The van der Waals surface area contributed by atoms with Crippen molar-refractivity contribution in [3.05, 3.63) is 0 Å². The third-order valence-electron chi connectivity index (χ3n) is 6.18. The molecule has 0 amide bonds. The molecule has 0 aromatic heterocycles. The van der Waals surface area contributed by atoms with Crippen molar-refractivity contribution in [3.8, 4) is 0 Å². The highest BCUT2D eigenvalue weighted by Crippen LogP contribution is 2.52. The van der Waals surface area contributed by atoms with Crippen molar-refractivity contribution >= 4 is 0 Å². The number of fused-ring (bicyclic) bond motifs is 2. The van der Waals surface area contributed by atoms with Gasteiger partial charge in [-0.3, -0.25) is 0 Å². The van der Waals surface area contributed by atoms with E-state index in [0.29, 0.717) is 0 Å². The molecule has 3 fully saturated rings. The maximum atomic E-state index is 3.68. The van der Waals surface area contributed by atoms with Crippen LogP contribution < -0.4 is 5.32 Å². The van der Waals surface area contributed by atoms with Gasteiger partial charge >= 0.3 is 0 Å². The molecule has 3 aliphatic carbocycles. The van der Waals surface area contributed by atoms with E-state index in [1.807, 2.05) is 0 Å². The largest absolute Gasteiger partial charge is 0.314 e. The average Bonchev–Trinajstić information content (AvgIpc) is 3.00. The fourth-order valence-corrected chi connectivity index (χ4v) is 5.18. The summed E-state index contributed by atoms with van der Waals surface area (Å²) in [5.41, 5.74) is 0. The Balaban J connectivity index is 1.52. The molecule has 3 aliphatic rings. The Morgan fingerprint density at radius 1 is 1.00 bits per heavy atom. The van der Waals surface area contributed by atoms with Gasteiger partial charge in [0.05, 0.1) is 0 Å². The number of hydrogen-bond acceptors (Lipinski definition) is 1. The van der Waals surface area contributed by atoms with Crippen LogP contribution in [-0.2, 0) is 0 Å². The van der Waals surface area contributed by atoms with E-state index in [2.05, 4.69) is 19.2 Å². The van der Waals surface area contributed by atoms with Crippen molar-refractivity contribution in [2.24, 2.45) is 29.6 Å². The lowest BCUT2D eigenvalue weighted by Crippen LogP contribution is -2.33. The quantitative estimate of drug-likeness (QED) is 0.781. The first-order valence-electron chi connectivity index (χ1n) is 8.01. The second-order valence-electron chi connectivity index (χ2n) is 7.03. The molecule has 6 unspecified atom stereocenters. The Bertz CT molecular complexity index is 262. The van der Waals surface area contributed by atoms with Gasteiger partial charge < -0.3 is 5.32 Å². The number of hydrogen-bond donors (Lipinski definition) is 1. The molecule has 0 spiro atoms. The Morgan fingerprint density at radius 2 is 1.88 bits per heavy atom. The normalized spacial score (nSPS) is 49.1. The minimum Gasteiger partial charge on any atom is -0.314 e. The van der Waals surface area contributed by atoms with E-state index in [0.717, 1.165) is 42.2 Å². The molecule has 0 saturated heterocycles. The third-order valence-corrected chi connectivity index (χ3v) is 6.18. The molecule has 0 aliphatic heterocycles. The highest BCUT2D eigenvalue weighted by atomic mass is 14.9. The zero-order chi connectivity index (χ0) is 11.8. The average molecular weight is 235 g/mol. The summed E-state index contributed by atoms with van der Waals surface area (Å²) in [5, 5.41) is 3.68. The van der Waals surface area contributed by atoms with Crippen LogP contribution in [0.3, 0.4) is 0 Å². The van der Waals surface area contributed by atoms with Gasteiger partial charge in [-0.2, -0.15) is 0 Å². The van der Waals surface area contributed by atoms with Crippen molar-refractivity contribution in [1.29, 1.82) is 0 Å². The van der Waals surface area contributed by atoms with Crippen molar-refractivity contribution in [2.45, 2.75) is 64.8 Å². The summed E-state index contributed by atoms with van der Waals surface area (Å²) in [7, 11) is 0. The first kappa shape index (κ1) is 12.0. The lowest BCUT2D eigenvalue weighted by molar-refractivity contribution is 0.233. The van der Waals surface area contributed by atoms with Crippen molar-refractivity contribution in [2.75, 3.05) is 6.54 Å². The van der Waals surface area contributed by atoms with Gasteiger partial charge in [-0.05, 0) is 74.7 Å². The number of rotatable bonds is 4. The fourth-order valence-electron chi connectivity index (χ4n) is 5.18. The fraction of sp³-hybridized carbons (Fsp3) is 1.00. The van der Waals surface area contributed by atoms with E-state index in [1.165, 1.54) is 12.8 Å². The van der Waals surface area contributed by atoms with Crippen LogP contribution in [0.25, 0.3) is 0 Å². The van der Waals surface area contributed by atoms with Gasteiger partial charge in [0.25, 0.3) is 0 Å². The molecule has 0 aromatic carbocycles. The Hall–Kier alpha value is -0.0400. The first-order valence-corrected chi connectivity index (χ1v) is 8.01. The summed E-state index contributed by atoms with van der Waals surface area (Å²) >= 11 is 0. The van der Waals surface area contributed by atoms with Gasteiger partial charge in [0.1, 0.15) is 0 Å². The topological polar surface area (TPSA) is 12.0 Å². The van der Waals surface area contributed by atoms with Crippen LogP contribution in [0.1, 0.15) is 58.8 Å². The van der Waals surface area contributed by atoms with Crippen molar-refractivity contribution < 1.29 is 0 Å². The molecule has 1 N–H and O–H groups in total. The first-order chi connectivity index (χ1) is 8.28. The predicted octanol–water partition coefficient (Wildman–Crippen LogP) is 3.84. The maximum absolute atomic E-state index is 3.68. The van der Waals surface area contributed by atoms with E-state index in [1.54, 1.807) is 32.1 Å². The molecule has 0 heterocycles. The molecule has 1 heteroatoms. The molecular weight excluding hydrogens is 206 g/mol. The SMILES string of the molecule is CCNC1CCC(CC2CC3CCC2C3)C1C. The zero-order valence-electron chi connectivity index (χ0n) is 11.6. The summed E-state index contributed by atoms with van der Waals surface area (Å²) in [4.78, 5) is 0. The van der Waals surface area contributed by atoms with Crippen molar-refractivity contribution in [1.82, 2.24) is 5.32 Å². The van der Waals surface area contributed by atoms with E-state index in [9.17, 15) is 0 Å². The van der Waals surface area contributed by atoms with Gasteiger partial charge in [0.2, 0.25) is 0 Å². The third kappa shape index (κ3) is 2.28. The number of nitrogens with one attached hydrogen (secondary N) is 1. The molecule has 6 atom stereocenters. The Morgan fingerprint density at radius 3 is 2.53 bits per heavy atom. The van der Waals surface area contributed by atoms with Crippen LogP contribution in [0.5, 0.6) is 0 Å². The van der Waals surface area contributed by atoms with E-state index >= 15 is 0 Å². The van der Waals surface area contributed by atoms with E-state index < -0.39 is 0 Å². The standard InChI is InChI=1S/C16H29N/c1-3-17-16-7-6-13(11(16)2)10-15-9-12-4-5-14(15)8-12/h11-17H,3-10H2,1-2H3. The second-order valence-corrected chi connectivity index (χ2v) is 7.03. The molecule has 2 bridgehead atoms. The molecule has 3 saturated carbocycles. The maximum Gasteiger partial charge on any atom is 0.00953 e. The minimum absolute atomic E-state index is 0.823. The predicted molar refractivity (Wildman–Crippen MR) is 72.9 cm³/mol. The zero-order valence-corrected chi connectivity index (χ0v) is 11.6. The summed E-state index contributed by atoms with van der Waals surface area (Å²) < 4.78 is 0.